The molecule has 13 aromatic carbocycles. The monoisotopic (exact) mass is 580 g/mol. The smallest absolute Gasteiger partial charge is 0.0350 e. The lowest BCUT2D eigenvalue weighted by Crippen LogP contribution is -2.01. The van der Waals surface area contributed by atoms with Crippen LogP contribution in [0.4, 0.5) is 11.4 Å². The van der Waals surface area contributed by atoms with E-state index in [1.54, 1.807) is 0 Å². The second-order valence-corrected chi connectivity index (χ2v) is 13.6. The normalized spacial score (nSPS) is 13.4. The summed E-state index contributed by atoms with van der Waals surface area (Å²) in [6, 6.07) is 37.6. The maximum atomic E-state index is 3.53. The number of benzene rings is 13. The van der Waals surface area contributed by atoms with Gasteiger partial charge in [0.25, 0.3) is 0 Å². The summed E-state index contributed by atoms with van der Waals surface area (Å²) in [7, 11) is 4.09. The zero-order valence-electron chi connectivity index (χ0n) is 25.2. The maximum Gasteiger partial charge on any atom is 0.0350 e. The van der Waals surface area contributed by atoms with E-state index in [1.807, 2.05) is 14.1 Å². The van der Waals surface area contributed by atoms with Gasteiger partial charge in [-0.15, -0.1) is 0 Å². The van der Waals surface area contributed by atoms with Crippen LogP contribution in [0.3, 0.4) is 0 Å². The fourth-order valence-electron chi connectivity index (χ4n) is 10.3. The molecule has 0 saturated carbocycles. The Morgan fingerprint density at radius 3 is 0.696 bits per heavy atom. The Kier molecular flexibility index (Phi) is 3.45. The Bertz CT molecular complexity index is 3190. The lowest BCUT2D eigenvalue weighted by Gasteiger charge is -2.29. The summed E-state index contributed by atoms with van der Waals surface area (Å²) >= 11 is 0. The van der Waals surface area contributed by atoms with Crippen molar-refractivity contribution < 1.29 is 0 Å². The first-order valence-electron chi connectivity index (χ1n) is 16.3. The Labute approximate surface area is 261 Å². The Morgan fingerprint density at radius 2 is 0.457 bits per heavy atom. The molecule has 0 bridgehead atoms. The summed E-state index contributed by atoms with van der Waals surface area (Å²) in [5.74, 6) is 0. The van der Waals surface area contributed by atoms with Crippen molar-refractivity contribution in [2.45, 2.75) is 0 Å². The van der Waals surface area contributed by atoms with E-state index in [9.17, 15) is 0 Å². The van der Waals surface area contributed by atoms with Gasteiger partial charge >= 0.3 is 0 Å². The molecule has 0 radical (unpaired) electrons. The van der Waals surface area contributed by atoms with Crippen LogP contribution in [0.1, 0.15) is 0 Å². The number of fused-ring (bicyclic) bond motifs is 6. The third kappa shape index (κ3) is 2.10. The van der Waals surface area contributed by atoms with E-state index in [0.29, 0.717) is 0 Å². The summed E-state index contributed by atoms with van der Waals surface area (Å²) < 4.78 is 0. The number of anilines is 2. The molecule has 0 atom stereocenters. The van der Waals surface area contributed by atoms with Crippen molar-refractivity contribution in [3.05, 3.63) is 97.1 Å². The SMILES string of the molecule is CNc1cc2c3cccc4c5cccc6c7cccc8c9cccc%10c%11cc(NC)cc%12c(c1)c2c1c(c43)c(c65)c(c78)c(c9%10)c1c%11%12. The number of hydrogen-bond acceptors (Lipinski definition) is 2. The Morgan fingerprint density at radius 1 is 0.261 bits per heavy atom. The molecular formula is C44H24N2. The summed E-state index contributed by atoms with van der Waals surface area (Å²) in [5.41, 5.74) is 2.30. The summed E-state index contributed by atoms with van der Waals surface area (Å²) in [4.78, 5) is 0. The summed E-state index contributed by atoms with van der Waals surface area (Å²) in [6.45, 7) is 0. The third-order valence-electron chi connectivity index (χ3n) is 11.9. The van der Waals surface area contributed by atoms with Crippen LogP contribution in [0.15, 0.2) is 97.1 Å². The molecule has 0 amide bonds. The van der Waals surface area contributed by atoms with Crippen molar-refractivity contribution in [2.75, 3.05) is 24.7 Å². The van der Waals surface area contributed by atoms with Gasteiger partial charge in [-0.05, 0) is 154 Å². The van der Waals surface area contributed by atoms with Gasteiger partial charge in [0, 0.05) is 25.5 Å². The van der Waals surface area contributed by atoms with E-state index in [4.69, 9.17) is 0 Å². The van der Waals surface area contributed by atoms with E-state index in [2.05, 4.69) is 108 Å². The van der Waals surface area contributed by atoms with Crippen LogP contribution in [0.5, 0.6) is 0 Å². The van der Waals surface area contributed by atoms with Crippen LogP contribution in [0, 0.1) is 0 Å². The van der Waals surface area contributed by atoms with E-state index < -0.39 is 0 Å². The highest BCUT2D eigenvalue weighted by molar-refractivity contribution is 6.61. The first-order valence-corrected chi connectivity index (χ1v) is 16.3. The highest BCUT2D eigenvalue weighted by atomic mass is 14.8. The molecule has 0 unspecified atom stereocenters. The predicted octanol–water partition coefficient (Wildman–Crippen LogP) is 12.2. The molecule has 0 aliphatic carbocycles. The van der Waals surface area contributed by atoms with Crippen LogP contribution >= 0.6 is 0 Å². The number of nitrogens with one attached hydrogen (secondary N) is 2. The third-order valence-corrected chi connectivity index (χ3v) is 11.9. The second-order valence-electron chi connectivity index (χ2n) is 13.6. The van der Waals surface area contributed by atoms with Crippen LogP contribution in [-0.4, -0.2) is 14.1 Å². The Balaban J connectivity index is 1.59. The molecule has 2 nitrogen and oxygen atoms in total. The highest BCUT2D eigenvalue weighted by Gasteiger charge is 2.31. The molecule has 0 aliphatic heterocycles. The molecule has 13 aromatic rings. The van der Waals surface area contributed by atoms with Gasteiger partial charge in [-0.25, -0.2) is 0 Å². The van der Waals surface area contributed by atoms with Crippen molar-refractivity contribution >= 4 is 141 Å². The minimum atomic E-state index is 1.15. The molecule has 0 spiro atoms. The largest absolute Gasteiger partial charge is 0.388 e. The van der Waals surface area contributed by atoms with Gasteiger partial charge in [-0.1, -0.05) is 72.8 Å². The maximum absolute atomic E-state index is 3.53. The molecule has 2 heteroatoms. The first-order chi connectivity index (χ1) is 22.8. The lowest BCUT2D eigenvalue weighted by atomic mass is 9.73. The molecule has 2 N–H and O–H groups in total. The first kappa shape index (κ1) is 22.6. The van der Waals surface area contributed by atoms with Crippen molar-refractivity contribution in [1.29, 1.82) is 0 Å². The van der Waals surface area contributed by atoms with Crippen LogP contribution in [0.2, 0.25) is 0 Å². The number of rotatable bonds is 2. The van der Waals surface area contributed by atoms with E-state index >= 15 is 0 Å². The molecule has 210 valence electrons. The van der Waals surface area contributed by atoms with Gasteiger partial charge in [-0.2, -0.15) is 0 Å². The molecule has 0 saturated heterocycles. The van der Waals surface area contributed by atoms with Crippen molar-refractivity contribution in [3.63, 3.8) is 0 Å². The number of hydrogen-bond donors (Lipinski definition) is 2. The average Bonchev–Trinajstić information content (AvgIpc) is 3.12. The van der Waals surface area contributed by atoms with E-state index in [0.717, 1.165) is 11.4 Å². The average molecular weight is 581 g/mol. The minimum Gasteiger partial charge on any atom is -0.388 e. The zero-order chi connectivity index (χ0) is 29.7. The van der Waals surface area contributed by atoms with Crippen molar-refractivity contribution in [1.82, 2.24) is 0 Å². The predicted molar refractivity (Wildman–Crippen MR) is 203 cm³/mol. The van der Waals surface area contributed by atoms with Gasteiger partial charge < -0.3 is 10.6 Å². The van der Waals surface area contributed by atoms with Crippen LogP contribution < -0.4 is 10.6 Å². The van der Waals surface area contributed by atoms with E-state index in [-0.39, 0.29) is 0 Å². The van der Waals surface area contributed by atoms with E-state index in [1.165, 1.54) is 129 Å². The topological polar surface area (TPSA) is 24.1 Å². The van der Waals surface area contributed by atoms with Gasteiger partial charge in [-0.3, -0.25) is 0 Å². The molecule has 0 fully saturated rings. The molecular weight excluding hydrogens is 556 g/mol. The van der Waals surface area contributed by atoms with Crippen LogP contribution in [-0.2, 0) is 0 Å². The molecule has 0 aromatic heterocycles. The highest BCUT2D eigenvalue weighted by Crippen LogP contribution is 2.60. The zero-order valence-corrected chi connectivity index (χ0v) is 25.2. The molecule has 0 aliphatic rings. The fraction of sp³-hybridized carbons (Fsp3) is 0.0455. The van der Waals surface area contributed by atoms with Gasteiger partial charge in [0.05, 0.1) is 0 Å². The summed E-state index contributed by atoms with van der Waals surface area (Å²) in [6.07, 6.45) is 0. The van der Waals surface area contributed by atoms with Gasteiger partial charge in [0.2, 0.25) is 0 Å². The lowest BCUT2D eigenvalue weighted by molar-refractivity contribution is 1.54. The second kappa shape index (κ2) is 7.01. The standard InChI is InChI=1S/C44H24N2/c1-45-19-15-29-27-13-5-11-25-23-9-3-7-21-22-8-4-10-24-26-12-6-14-28-30-16-20(46-2)18-32-31(17-19)37(29)43-41(35(25)27)39(33(21)23)40(34(22)24)42(36(26)28)44(43)38(30)32/h3-18,45-46H,1-2H3. The Hall–Kier alpha value is -5.86. The molecule has 0 heterocycles. The van der Waals surface area contributed by atoms with Crippen LogP contribution in [0.25, 0.3) is 129 Å². The fourth-order valence-corrected chi connectivity index (χ4v) is 10.3. The summed E-state index contributed by atoms with van der Waals surface area (Å²) in [5, 5.41) is 40.4. The molecule has 46 heavy (non-hydrogen) atoms. The quantitative estimate of drug-likeness (QED) is 0.157. The molecule has 13 rings (SSSR count). The van der Waals surface area contributed by atoms with Crippen molar-refractivity contribution in [3.8, 4) is 0 Å². The minimum absolute atomic E-state index is 1.15. The van der Waals surface area contributed by atoms with Gasteiger partial charge in [0.1, 0.15) is 0 Å². The van der Waals surface area contributed by atoms with Crippen molar-refractivity contribution in [2.24, 2.45) is 0 Å². The van der Waals surface area contributed by atoms with Gasteiger partial charge in [0.15, 0.2) is 0 Å².